The zero-order valence-corrected chi connectivity index (χ0v) is 75.5. The average Bonchev–Trinajstić information content (AvgIpc) is 1.82. The molecule has 8 amide bonds. The van der Waals surface area contributed by atoms with E-state index in [-0.39, 0.29) is 91.4 Å². The summed E-state index contributed by atoms with van der Waals surface area (Å²) >= 11 is 0.981. The molecule has 0 saturated carbocycles. The number of carboxylic acids is 3. The number of ether oxygens (including phenoxy) is 1. The Morgan fingerprint density at radius 1 is 0.454 bits per heavy atom. The number of Topliss-reactive ketones (excluding diaryl/α,β-unsaturated/α-hetero) is 8. The Bertz CT molecular complexity index is 4320. The molecule has 18 N–H and O–H groups in total. The first kappa shape index (κ1) is 111. The molecule has 38 nitrogen and oxygen atoms in total. The van der Waals surface area contributed by atoms with Crippen molar-refractivity contribution in [2.45, 2.75) is 232 Å². The van der Waals surface area contributed by atoms with E-state index >= 15 is 0 Å². The van der Waals surface area contributed by atoms with Crippen LogP contribution in [0.1, 0.15) is 181 Å². The third-order valence-electron chi connectivity index (χ3n) is 22.4. The van der Waals surface area contributed by atoms with Gasteiger partial charge in [0.15, 0.2) is 34.7 Å². The van der Waals surface area contributed by atoms with Gasteiger partial charge < -0.3 is 98.5 Å². The number of nitrogens with two attached hydrogens (primary N) is 1. The number of ketones is 8. The van der Waals surface area contributed by atoms with E-state index in [2.05, 4.69) is 37.2 Å². The lowest BCUT2D eigenvalue weighted by Gasteiger charge is -2.28. The van der Waals surface area contributed by atoms with Gasteiger partial charge in [-0.25, -0.2) is 4.79 Å². The van der Waals surface area contributed by atoms with Crippen molar-refractivity contribution in [1.82, 2.24) is 42.1 Å². The second-order valence-corrected chi connectivity index (χ2v) is 34.8. The summed E-state index contributed by atoms with van der Waals surface area (Å²) in [5, 5.41) is 111. The molecule has 1 fully saturated rings. The normalized spacial score (nSPS) is 15.6. The van der Waals surface area contributed by atoms with Crippen LogP contribution >= 0.6 is 11.8 Å². The Hall–Kier alpha value is -11.3. The zero-order valence-electron chi connectivity index (χ0n) is 74.7. The number of nitrogens with one attached hydrogen (secondary N) is 7. The van der Waals surface area contributed by atoms with Crippen LogP contribution in [-0.2, 0) is 110 Å². The summed E-state index contributed by atoms with van der Waals surface area (Å²) in [6, 6.07) is 10.4. The lowest BCUT2D eigenvalue weighted by Crippen LogP contribution is -2.52. The first-order valence-electron chi connectivity index (χ1n) is 43.8. The fourth-order valence-corrected chi connectivity index (χ4v) is 15.5. The number of phenols is 2. The molecule has 3 aromatic carbocycles. The number of hydrogen-bond acceptors (Lipinski definition) is 28. The maximum Gasteiger partial charge on any atom is 0.409 e. The molecule has 718 valence electrons. The maximum absolute atomic E-state index is 14.8. The van der Waals surface area contributed by atoms with E-state index in [0.717, 1.165) is 25.6 Å². The molecule has 1 aliphatic rings. The molecule has 0 aromatic heterocycles. The average molecular weight is 1850 g/mol. The van der Waals surface area contributed by atoms with Crippen LogP contribution in [0.5, 0.6) is 11.5 Å². The van der Waals surface area contributed by atoms with Crippen molar-refractivity contribution in [2.24, 2.45) is 59.0 Å². The third kappa shape index (κ3) is 40.8. The minimum absolute atomic E-state index is 0.0252. The number of carbonyl (C=O) groups is 19. The highest BCUT2D eigenvalue weighted by atomic mass is 32.2. The van der Waals surface area contributed by atoms with Gasteiger partial charge in [-0.1, -0.05) is 95.1 Å². The fraction of sp³-hybridized carbons (Fsp3) is 0.593. The van der Waals surface area contributed by atoms with Gasteiger partial charge in [0, 0.05) is 82.2 Å². The van der Waals surface area contributed by atoms with E-state index in [0.29, 0.717) is 56.4 Å². The van der Waals surface area contributed by atoms with Crippen LogP contribution in [0.3, 0.4) is 0 Å². The van der Waals surface area contributed by atoms with Crippen molar-refractivity contribution in [1.29, 1.82) is 0 Å². The maximum atomic E-state index is 14.8. The van der Waals surface area contributed by atoms with E-state index in [1.165, 1.54) is 53.4 Å². The smallest absolute Gasteiger partial charge is 0.409 e. The number of phenolic OH excluding ortho intramolecular Hbond substituents is 2. The second kappa shape index (κ2) is 57.7. The highest BCUT2D eigenvalue weighted by Crippen LogP contribution is 2.27. The second-order valence-electron chi connectivity index (χ2n) is 33.8. The summed E-state index contributed by atoms with van der Waals surface area (Å²) in [5.41, 5.74) is 6.77. The number of aliphatic carboxylic acids is 3. The summed E-state index contributed by atoms with van der Waals surface area (Å²) in [6.07, 6.45) is -10.1. The number of cyclic esters (lactones) is 1. The van der Waals surface area contributed by atoms with Crippen molar-refractivity contribution < 1.29 is 142 Å². The Kier molecular flexibility index (Phi) is 49.3. The lowest BCUT2D eigenvalue weighted by molar-refractivity contribution is -0.143. The molecule has 1 saturated heterocycles. The largest absolute Gasteiger partial charge is 0.508 e. The molecule has 0 spiro atoms. The molecule has 0 unspecified atom stereocenters. The predicted octanol–water partition coefficient (Wildman–Crippen LogP) is 2.51. The van der Waals surface area contributed by atoms with Gasteiger partial charge in [-0.2, -0.15) is 0 Å². The quantitative estimate of drug-likeness (QED) is 0.0361. The number of carbonyl (C=O) groups excluding carboxylic acids is 16. The van der Waals surface area contributed by atoms with Gasteiger partial charge in [0.25, 0.3) is 0 Å². The first-order valence-corrected chi connectivity index (χ1v) is 44.9. The Morgan fingerprint density at radius 2 is 0.931 bits per heavy atom. The van der Waals surface area contributed by atoms with Gasteiger partial charge in [-0.15, -0.1) is 11.8 Å². The standard InChI is InChI=1S/C91H129N9O29S/c1-8-52(4)83(79(114)40-60(34-57-19-24-64(105)25-20-57)86(123)95-71(33-51(2)3)75(110)38-61(42-81(117)118)85(122)94-53(5)15-12-13-29-92)99-88(125)63(47-101)41-76(111)72(36-58-21-26-65(106)27-22-58)96-87(124)62(43-82(119)120)39-77(112)74(48-102)98-90(127)70(55(7)104)45-78(113)73(35-56-16-10-9-11-17-56)97-89(126)69(54(6)103)44-67(108)46-93-84(121)59(23-28-80(115)116)37-68(109)50-130-49-66(107)18-14-30-100-31-32-129-91(100)128/h9-11,16-17,19-22,24-27,51-55,59-63,69-74,83,101-106H,8,12-15,18,23,28-50,92H2,1-7H3,(H,93,121)(H,94,122)(H,95,123)(H,96,124)(H,97,126)(H,98,127)(H,99,125)(H,115,116)(H,117,118)(H,119,120)/t52-,53+,54+,55+,59+,60+,61-,62-,63-,69-,70-,71-,72-,73-,74-,83-/m0/s1. The van der Waals surface area contributed by atoms with Crippen molar-refractivity contribution in [3.63, 3.8) is 0 Å². The highest BCUT2D eigenvalue weighted by Gasteiger charge is 2.41. The highest BCUT2D eigenvalue weighted by molar-refractivity contribution is 8.00. The molecular weight excluding hydrogens is 1720 g/mol. The van der Waals surface area contributed by atoms with Gasteiger partial charge in [0.2, 0.25) is 41.4 Å². The lowest BCUT2D eigenvalue weighted by atomic mass is 9.85. The van der Waals surface area contributed by atoms with Crippen LogP contribution in [0.25, 0.3) is 0 Å². The van der Waals surface area contributed by atoms with E-state index in [4.69, 9.17) is 10.5 Å². The third-order valence-corrected chi connectivity index (χ3v) is 23.5. The number of benzene rings is 3. The van der Waals surface area contributed by atoms with Crippen LogP contribution in [0, 0.1) is 53.3 Å². The molecule has 39 heteroatoms. The zero-order chi connectivity index (χ0) is 97.0. The summed E-state index contributed by atoms with van der Waals surface area (Å²) in [7, 11) is 0. The van der Waals surface area contributed by atoms with Crippen molar-refractivity contribution >= 4 is 123 Å². The predicted molar refractivity (Wildman–Crippen MR) is 471 cm³/mol. The van der Waals surface area contributed by atoms with Crippen LogP contribution in [0.4, 0.5) is 4.79 Å². The number of aliphatic hydroxyl groups is 4. The molecule has 1 heterocycles. The van der Waals surface area contributed by atoms with E-state index in [9.17, 15) is 137 Å². The van der Waals surface area contributed by atoms with Crippen molar-refractivity contribution in [3.8, 4) is 11.5 Å². The van der Waals surface area contributed by atoms with Gasteiger partial charge in [0.05, 0.1) is 117 Å². The van der Waals surface area contributed by atoms with E-state index in [1.54, 1.807) is 65.0 Å². The molecule has 0 bridgehead atoms. The Morgan fingerprint density at radius 3 is 1.45 bits per heavy atom. The number of aliphatic hydroxyl groups excluding tert-OH is 4. The first-order chi connectivity index (χ1) is 61.4. The van der Waals surface area contributed by atoms with Crippen molar-refractivity contribution in [2.75, 3.05) is 57.5 Å². The van der Waals surface area contributed by atoms with E-state index < -0.39 is 286 Å². The number of unbranched alkanes of at least 4 members (excludes halogenated alkanes) is 1. The fourth-order valence-electron chi connectivity index (χ4n) is 14.6. The number of nitrogens with zero attached hydrogens (tertiary/aromatic N) is 1. The van der Waals surface area contributed by atoms with Gasteiger partial charge in [-0.05, 0) is 131 Å². The number of rotatable bonds is 67. The van der Waals surface area contributed by atoms with Crippen LogP contribution < -0.4 is 43.0 Å². The van der Waals surface area contributed by atoms with Crippen LogP contribution in [-0.4, -0.2) is 268 Å². The van der Waals surface area contributed by atoms with Gasteiger partial charge in [0.1, 0.15) is 35.7 Å². The topological polar surface area (TPSA) is 629 Å². The monoisotopic (exact) mass is 1840 g/mol. The van der Waals surface area contributed by atoms with Crippen LogP contribution in [0.15, 0.2) is 78.9 Å². The number of hydrogen-bond donors (Lipinski definition) is 17. The SMILES string of the molecule is CC[C@H](C)[C@H](NC(=O)[C@H](CO)CC(=O)[C@H](Cc1ccc(O)cc1)NC(=O)[C@H](CC(=O)O)CC(=O)[C@H](CO)NC(=O)[C@@H](CC(=O)[C@H](Cc1ccccc1)NC(=O)[C@@H](CC(=O)CNC(=O)[C@H](CCC(=O)O)CC(=O)CSCC(=O)CCCN1CCOC1=O)[C@@H](C)O)[C@@H](C)O)C(=O)C[C@@H](Cc1ccc(O)cc1)C(=O)N[C@@H](CC(C)C)C(=O)C[C@@H](CC(=O)O)C(=O)N[C@H](C)CCCCN. The summed E-state index contributed by atoms with van der Waals surface area (Å²) in [6.45, 7) is 9.13. The van der Waals surface area contributed by atoms with Gasteiger partial charge >= 0.3 is 24.0 Å². The Labute approximate surface area is 759 Å². The minimum atomic E-state index is -1.99. The molecule has 3 aromatic rings. The minimum Gasteiger partial charge on any atom is -0.508 e. The molecule has 16 atom stereocenters. The number of thioether (sulfide) groups is 1. The summed E-state index contributed by atoms with van der Waals surface area (Å²) in [5.74, 6) is -29.8. The Balaban J connectivity index is 1.53. The van der Waals surface area contributed by atoms with Crippen LogP contribution in [0.2, 0.25) is 0 Å². The molecule has 0 aliphatic carbocycles. The van der Waals surface area contributed by atoms with E-state index in [1.807, 2.05) is 0 Å². The number of carboxylic acid groups (broad SMARTS) is 3. The molecule has 4 rings (SSSR count). The number of amides is 8. The summed E-state index contributed by atoms with van der Waals surface area (Å²) in [4.78, 5) is 260. The molecular formula is C91H129N9O29S. The summed E-state index contributed by atoms with van der Waals surface area (Å²) < 4.78 is 4.87. The molecule has 1 aliphatic heterocycles. The number of aromatic hydroxyl groups is 2. The molecule has 0 radical (unpaired) electrons. The van der Waals surface area contributed by atoms with Crippen molar-refractivity contribution in [3.05, 3.63) is 95.6 Å². The molecule has 130 heavy (non-hydrogen) atoms. The van der Waals surface area contributed by atoms with Gasteiger partial charge in [-0.3, -0.25) is 86.3 Å².